The molecule has 0 bridgehead atoms. The lowest BCUT2D eigenvalue weighted by molar-refractivity contribution is 0.302. The number of hydrogen-bond acceptors (Lipinski definition) is 2. The molecular weight excluding hydrogens is 283 g/mol. The maximum absolute atomic E-state index is 5.95. The minimum atomic E-state index is 0.401. The largest absolute Gasteiger partial charge is 0.496 e. The van der Waals surface area contributed by atoms with Crippen LogP contribution in [0.25, 0.3) is 0 Å². The van der Waals surface area contributed by atoms with E-state index in [0.29, 0.717) is 11.8 Å². The van der Waals surface area contributed by atoms with Crippen molar-refractivity contribution in [3.63, 3.8) is 0 Å². The maximum Gasteiger partial charge on any atom is 0.124 e. The molecule has 1 rings (SSSR count). The summed E-state index contributed by atoms with van der Waals surface area (Å²) < 4.78 is 11.1. The number of unbranched alkanes of at least 4 members (excludes halogenated alkanes) is 3. The van der Waals surface area contributed by atoms with Crippen LogP contribution in [0.2, 0.25) is 0 Å². The Morgan fingerprint density at radius 1 is 0.947 bits per heavy atom. The molecule has 0 aliphatic carbocycles. The summed E-state index contributed by atoms with van der Waals surface area (Å²) in [5.41, 5.74) is 1.88. The predicted molar refractivity (Wildman–Crippen MR) is 81.7 cm³/mol. The quantitative estimate of drug-likeness (QED) is 0.465. The van der Waals surface area contributed by atoms with Crippen molar-refractivity contribution in [1.29, 1.82) is 0 Å². The van der Waals surface area contributed by atoms with E-state index < -0.39 is 0 Å². The molecule has 0 unspecified atom stereocenters. The number of halogens is 2. The first-order valence-electron chi connectivity index (χ1n) is 6.71. The monoisotopic (exact) mass is 304 g/mol. The number of ether oxygens (including phenoxy) is 2. The Morgan fingerprint density at radius 3 is 2.16 bits per heavy atom. The summed E-state index contributed by atoms with van der Waals surface area (Å²) in [6, 6.07) is 3.84. The molecule has 0 heterocycles. The number of rotatable bonds is 9. The van der Waals surface area contributed by atoms with Gasteiger partial charge in [-0.3, -0.25) is 0 Å². The van der Waals surface area contributed by atoms with Crippen LogP contribution in [0.3, 0.4) is 0 Å². The fourth-order valence-corrected chi connectivity index (χ4v) is 2.31. The molecule has 0 saturated carbocycles. The van der Waals surface area contributed by atoms with Crippen molar-refractivity contribution < 1.29 is 9.47 Å². The van der Waals surface area contributed by atoms with Crippen LogP contribution < -0.4 is 9.47 Å². The van der Waals surface area contributed by atoms with E-state index in [1.54, 1.807) is 7.11 Å². The van der Waals surface area contributed by atoms with Gasteiger partial charge in [0.15, 0.2) is 0 Å². The van der Waals surface area contributed by atoms with Gasteiger partial charge in [0.2, 0.25) is 0 Å². The fourth-order valence-electron chi connectivity index (χ4n) is 1.89. The molecular formula is C15H22Cl2O2. The van der Waals surface area contributed by atoms with Crippen molar-refractivity contribution in [2.45, 2.75) is 44.4 Å². The Morgan fingerprint density at radius 2 is 1.58 bits per heavy atom. The van der Waals surface area contributed by atoms with Crippen LogP contribution in [0, 0.1) is 0 Å². The number of benzene rings is 1. The third-order valence-corrected chi connectivity index (χ3v) is 3.58. The van der Waals surface area contributed by atoms with Gasteiger partial charge >= 0.3 is 0 Å². The van der Waals surface area contributed by atoms with Crippen molar-refractivity contribution in [3.8, 4) is 11.5 Å². The summed E-state index contributed by atoms with van der Waals surface area (Å²) in [6.45, 7) is 2.92. The van der Waals surface area contributed by atoms with Gasteiger partial charge in [0.1, 0.15) is 11.5 Å². The minimum Gasteiger partial charge on any atom is -0.496 e. The first-order chi connectivity index (χ1) is 9.26. The van der Waals surface area contributed by atoms with E-state index in [1.165, 1.54) is 19.3 Å². The molecule has 0 radical (unpaired) electrons. The first kappa shape index (κ1) is 16.5. The maximum atomic E-state index is 5.95. The van der Waals surface area contributed by atoms with Gasteiger partial charge in [-0.1, -0.05) is 26.2 Å². The molecule has 19 heavy (non-hydrogen) atoms. The van der Waals surface area contributed by atoms with Crippen LogP contribution in [-0.4, -0.2) is 13.7 Å². The molecule has 1 aromatic rings. The number of methoxy groups -OCH3 is 1. The van der Waals surface area contributed by atoms with Crippen LogP contribution in [0.15, 0.2) is 12.1 Å². The Kier molecular flexibility index (Phi) is 8.08. The summed E-state index contributed by atoms with van der Waals surface area (Å²) in [6.07, 6.45) is 4.75. The Hall–Kier alpha value is -0.600. The molecule has 0 aromatic heterocycles. The molecule has 108 valence electrons. The van der Waals surface area contributed by atoms with Crippen molar-refractivity contribution in [2.24, 2.45) is 0 Å². The molecule has 0 fully saturated rings. The second-order valence-electron chi connectivity index (χ2n) is 4.45. The van der Waals surface area contributed by atoms with Crippen LogP contribution >= 0.6 is 23.2 Å². The van der Waals surface area contributed by atoms with Gasteiger partial charge in [-0.05, 0) is 18.6 Å². The Labute approximate surface area is 126 Å². The van der Waals surface area contributed by atoms with Crippen LogP contribution in [-0.2, 0) is 11.8 Å². The van der Waals surface area contributed by atoms with Crippen LogP contribution in [0.5, 0.6) is 11.5 Å². The zero-order valence-corrected chi connectivity index (χ0v) is 13.2. The molecule has 0 amide bonds. The van der Waals surface area contributed by atoms with Gasteiger partial charge in [0, 0.05) is 11.1 Å². The molecule has 4 heteroatoms. The van der Waals surface area contributed by atoms with Crippen molar-refractivity contribution >= 4 is 23.2 Å². The van der Waals surface area contributed by atoms with E-state index in [2.05, 4.69) is 6.92 Å². The van der Waals surface area contributed by atoms with E-state index in [9.17, 15) is 0 Å². The van der Waals surface area contributed by atoms with Crippen LogP contribution in [0.1, 0.15) is 43.7 Å². The first-order valence-corrected chi connectivity index (χ1v) is 7.78. The molecule has 0 saturated heterocycles. The van der Waals surface area contributed by atoms with Crippen molar-refractivity contribution in [3.05, 3.63) is 23.3 Å². The molecule has 0 atom stereocenters. The molecule has 0 aliphatic rings. The summed E-state index contributed by atoms with van der Waals surface area (Å²) in [5, 5.41) is 0. The van der Waals surface area contributed by atoms with Crippen molar-refractivity contribution in [1.82, 2.24) is 0 Å². The van der Waals surface area contributed by atoms with Gasteiger partial charge in [-0.15, -0.1) is 23.2 Å². The van der Waals surface area contributed by atoms with Crippen LogP contribution in [0.4, 0.5) is 0 Å². The van der Waals surface area contributed by atoms with E-state index in [4.69, 9.17) is 32.7 Å². The Bertz CT molecular complexity index is 381. The average molecular weight is 305 g/mol. The lowest BCUT2D eigenvalue weighted by Gasteiger charge is -2.14. The topological polar surface area (TPSA) is 18.5 Å². The lowest BCUT2D eigenvalue weighted by atomic mass is 10.1. The highest BCUT2D eigenvalue weighted by Gasteiger charge is 2.10. The summed E-state index contributed by atoms with van der Waals surface area (Å²) >= 11 is 11.9. The smallest absolute Gasteiger partial charge is 0.124 e. The second kappa shape index (κ2) is 9.33. The molecule has 1 aromatic carbocycles. The number of hydrogen-bond donors (Lipinski definition) is 0. The van der Waals surface area contributed by atoms with Gasteiger partial charge in [-0.25, -0.2) is 0 Å². The molecule has 0 spiro atoms. The fraction of sp³-hybridized carbons (Fsp3) is 0.600. The lowest BCUT2D eigenvalue weighted by Crippen LogP contribution is -2.02. The average Bonchev–Trinajstić information content (AvgIpc) is 2.46. The van der Waals surface area contributed by atoms with Crippen molar-refractivity contribution in [2.75, 3.05) is 13.7 Å². The minimum absolute atomic E-state index is 0.401. The van der Waals surface area contributed by atoms with E-state index in [0.717, 1.165) is 35.7 Å². The van der Waals surface area contributed by atoms with E-state index >= 15 is 0 Å². The normalized spacial score (nSPS) is 10.5. The van der Waals surface area contributed by atoms with Gasteiger partial charge in [-0.2, -0.15) is 0 Å². The molecule has 2 nitrogen and oxygen atoms in total. The van der Waals surface area contributed by atoms with E-state index in [-0.39, 0.29) is 0 Å². The highest BCUT2D eigenvalue weighted by atomic mass is 35.5. The van der Waals surface area contributed by atoms with Gasteiger partial charge in [0.25, 0.3) is 0 Å². The summed E-state index contributed by atoms with van der Waals surface area (Å²) in [4.78, 5) is 0. The van der Waals surface area contributed by atoms with E-state index in [1.807, 2.05) is 12.1 Å². The Balaban J connectivity index is 2.70. The summed E-state index contributed by atoms with van der Waals surface area (Å²) in [5.74, 6) is 2.40. The second-order valence-corrected chi connectivity index (χ2v) is 4.98. The zero-order valence-electron chi connectivity index (χ0n) is 11.7. The third-order valence-electron chi connectivity index (χ3n) is 3.01. The highest BCUT2D eigenvalue weighted by Crippen LogP contribution is 2.31. The standard InChI is InChI=1S/C15H22Cl2O2/c1-3-4-5-6-7-19-15-9-12(10-16)14(18-2)8-13(15)11-17/h8-9H,3-7,10-11H2,1-2H3. The number of alkyl halides is 2. The highest BCUT2D eigenvalue weighted by molar-refractivity contribution is 6.18. The predicted octanol–water partition coefficient (Wildman–Crippen LogP) is 5.13. The van der Waals surface area contributed by atoms with Gasteiger partial charge < -0.3 is 9.47 Å². The molecule has 0 N–H and O–H groups in total. The molecule has 0 aliphatic heterocycles. The SMILES string of the molecule is CCCCCCOc1cc(CCl)c(OC)cc1CCl. The van der Waals surface area contributed by atoms with Gasteiger partial charge in [0.05, 0.1) is 25.5 Å². The summed E-state index contributed by atoms with van der Waals surface area (Å²) in [7, 11) is 1.63. The zero-order chi connectivity index (χ0) is 14.1. The third kappa shape index (κ3) is 5.12.